The highest BCUT2D eigenvalue weighted by Gasteiger charge is 2.58. The number of aromatic nitrogens is 3. The van der Waals surface area contributed by atoms with E-state index in [4.69, 9.17) is 5.73 Å². The predicted molar refractivity (Wildman–Crippen MR) is 126 cm³/mol. The number of nitrogens with two attached hydrogens (primary N) is 1. The van der Waals surface area contributed by atoms with Gasteiger partial charge in [0.15, 0.2) is 5.78 Å². The first-order valence-electron chi connectivity index (χ1n) is 12.9. The molecule has 2 aromatic rings. The van der Waals surface area contributed by atoms with Gasteiger partial charge in [-0.05, 0) is 106 Å². The number of pyridine rings is 1. The van der Waals surface area contributed by atoms with Crippen LogP contribution in [0.2, 0.25) is 0 Å². The van der Waals surface area contributed by atoms with Crippen LogP contribution in [0.1, 0.15) is 71.6 Å². The van der Waals surface area contributed by atoms with Gasteiger partial charge in [-0.25, -0.2) is 0 Å². The number of fused-ring (bicyclic) bond motifs is 6. The highest BCUT2D eigenvalue weighted by molar-refractivity contribution is 5.83. The standard InChI is InChI=1S/C27H38N4O/c1-26(28)10-7-19-17(13-26)3-4-21-20(19)8-11-27(2)22(21)5-6-23(27)25(32)16-31-15-18-9-12-29-14-24(18)30-31/h9,12,14-15,17,19-23H,3-8,10-11,13,16,28H2,1-2H3/t17?,19-,20+,21+,22-,23+,26+,27-/m0/s1. The van der Waals surface area contributed by atoms with Crippen LogP contribution in [-0.2, 0) is 11.3 Å². The molecule has 0 aromatic carbocycles. The highest BCUT2D eigenvalue weighted by atomic mass is 16.1. The Balaban J connectivity index is 1.18. The highest BCUT2D eigenvalue weighted by Crippen LogP contribution is 2.64. The van der Waals surface area contributed by atoms with Crippen molar-refractivity contribution in [3.05, 3.63) is 24.7 Å². The van der Waals surface area contributed by atoms with Crippen LogP contribution in [0.25, 0.3) is 10.9 Å². The van der Waals surface area contributed by atoms with Gasteiger partial charge >= 0.3 is 0 Å². The third kappa shape index (κ3) is 3.26. The zero-order valence-electron chi connectivity index (χ0n) is 19.7. The molecule has 2 aromatic heterocycles. The molecule has 2 N–H and O–H groups in total. The van der Waals surface area contributed by atoms with E-state index >= 15 is 0 Å². The largest absolute Gasteiger partial charge is 0.325 e. The van der Waals surface area contributed by atoms with Crippen LogP contribution >= 0.6 is 0 Å². The van der Waals surface area contributed by atoms with E-state index in [2.05, 4.69) is 23.9 Å². The van der Waals surface area contributed by atoms with Crippen LogP contribution in [-0.4, -0.2) is 26.1 Å². The van der Waals surface area contributed by atoms with Crippen molar-refractivity contribution in [2.75, 3.05) is 0 Å². The zero-order valence-corrected chi connectivity index (χ0v) is 19.7. The molecule has 0 spiro atoms. The van der Waals surface area contributed by atoms with Crippen LogP contribution < -0.4 is 5.73 Å². The van der Waals surface area contributed by atoms with E-state index in [1.165, 1.54) is 51.4 Å². The Morgan fingerprint density at radius 2 is 1.94 bits per heavy atom. The van der Waals surface area contributed by atoms with Crippen LogP contribution in [0.5, 0.6) is 0 Å². The minimum absolute atomic E-state index is 0.0510. The number of Topliss-reactive ketones (excluding diaryl/α,β-unsaturated/α-hetero) is 1. The van der Waals surface area contributed by atoms with Gasteiger partial charge in [-0.15, -0.1) is 0 Å². The number of hydrogen-bond donors (Lipinski definition) is 1. The summed E-state index contributed by atoms with van der Waals surface area (Å²) in [5.41, 5.74) is 7.65. The molecule has 172 valence electrons. The van der Waals surface area contributed by atoms with Crippen molar-refractivity contribution in [2.24, 2.45) is 46.7 Å². The summed E-state index contributed by atoms with van der Waals surface area (Å²) in [6.07, 6.45) is 16.9. The van der Waals surface area contributed by atoms with E-state index in [9.17, 15) is 4.79 Å². The Morgan fingerprint density at radius 1 is 1.09 bits per heavy atom. The van der Waals surface area contributed by atoms with Gasteiger partial charge in [0, 0.05) is 29.2 Å². The van der Waals surface area contributed by atoms with Crippen molar-refractivity contribution < 1.29 is 4.79 Å². The molecule has 0 aliphatic heterocycles. The summed E-state index contributed by atoms with van der Waals surface area (Å²) >= 11 is 0. The Bertz CT molecular complexity index is 995. The summed E-state index contributed by atoms with van der Waals surface area (Å²) in [6.45, 7) is 5.12. The molecule has 32 heavy (non-hydrogen) atoms. The Morgan fingerprint density at radius 3 is 2.78 bits per heavy atom. The Kier molecular flexibility index (Phi) is 4.80. The summed E-state index contributed by atoms with van der Waals surface area (Å²) in [7, 11) is 0. The smallest absolute Gasteiger partial charge is 0.157 e. The molecular formula is C27H38N4O. The summed E-state index contributed by atoms with van der Waals surface area (Å²) in [4.78, 5) is 17.7. The maximum absolute atomic E-state index is 13.5. The molecule has 4 aliphatic carbocycles. The zero-order chi connectivity index (χ0) is 22.1. The summed E-state index contributed by atoms with van der Waals surface area (Å²) < 4.78 is 1.84. The summed E-state index contributed by atoms with van der Waals surface area (Å²) in [5, 5.41) is 5.65. The van der Waals surface area contributed by atoms with E-state index in [1.54, 1.807) is 12.4 Å². The van der Waals surface area contributed by atoms with Crippen molar-refractivity contribution in [3.8, 4) is 0 Å². The van der Waals surface area contributed by atoms with E-state index < -0.39 is 0 Å². The predicted octanol–water partition coefficient (Wildman–Crippen LogP) is 4.99. The lowest BCUT2D eigenvalue weighted by Crippen LogP contribution is -2.52. The second kappa shape index (κ2) is 7.38. The number of hydrogen-bond acceptors (Lipinski definition) is 4. The second-order valence-electron chi connectivity index (χ2n) is 12.2. The van der Waals surface area contributed by atoms with Gasteiger partial charge in [-0.2, -0.15) is 5.10 Å². The van der Waals surface area contributed by atoms with Gasteiger partial charge in [0.25, 0.3) is 0 Å². The first-order valence-corrected chi connectivity index (χ1v) is 12.9. The lowest BCUT2D eigenvalue weighted by molar-refractivity contribution is -0.131. The van der Waals surface area contributed by atoms with Gasteiger partial charge in [0.1, 0.15) is 5.52 Å². The molecule has 0 saturated heterocycles. The maximum atomic E-state index is 13.5. The maximum Gasteiger partial charge on any atom is 0.157 e. The van der Waals surface area contributed by atoms with Crippen molar-refractivity contribution in [1.29, 1.82) is 0 Å². The molecule has 6 rings (SSSR count). The van der Waals surface area contributed by atoms with E-state index in [-0.39, 0.29) is 16.9 Å². The minimum atomic E-state index is 0.0510. The Labute approximate surface area is 191 Å². The van der Waals surface area contributed by atoms with Gasteiger partial charge < -0.3 is 5.73 Å². The van der Waals surface area contributed by atoms with Gasteiger partial charge in [0.05, 0.1) is 12.7 Å². The van der Waals surface area contributed by atoms with Gasteiger partial charge in [0.2, 0.25) is 0 Å². The number of nitrogens with zero attached hydrogens (tertiary/aromatic N) is 3. The average molecular weight is 435 g/mol. The molecule has 4 saturated carbocycles. The number of rotatable bonds is 3. The molecule has 5 heteroatoms. The van der Waals surface area contributed by atoms with Crippen LogP contribution in [0.3, 0.4) is 0 Å². The van der Waals surface area contributed by atoms with E-state index in [0.29, 0.717) is 12.3 Å². The fourth-order valence-corrected chi connectivity index (χ4v) is 8.93. The molecule has 5 nitrogen and oxygen atoms in total. The first-order chi connectivity index (χ1) is 15.3. The molecule has 4 aliphatic rings. The third-order valence-electron chi connectivity index (χ3n) is 10.4. The monoisotopic (exact) mass is 434 g/mol. The van der Waals surface area contributed by atoms with Crippen molar-refractivity contribution >= 4 is 16.7 Å². The number of carbonyl (C=O) groups is 1. The van der Waals surface area contributed by atoms with Crippen molar-refractivity contribution in [2.45, 2.75) is 83.7 Å². The first kappa shape index (κ1) is 20.8. The lowest BCUT2D eigenvalue weighted by atomic mass is 9.48. The topological polar surface area (TPSA) is 73.8 Å². The fraction of sp³-hybridized carbons (Fsp3) is 0.741. The molecule has 4 fully saturated rings. The van der Waals surface area contributed by atoms with E-state index in [0.717, 1.165) is 46.9 Å². The quantitative estimate of drug-likeness (QED) is 0.739. The second-order valence-corrected chi connectivity index (χ2v) is 12.2. The lowest BCUT2D eigenvalue weighted by Gasteiger charge is -2.57. The third-order valence-corrected chi connectivity index (χ3v) is 10.4. The molecule has 0 amide bonds. The summed E-state index contributed by atoms with van der Waals surface area (Å²) in [6, 6.07) is 1.96. The van der Waals surface area contributed by atoms with Crippen LogP contribution in [0.4, 0.5) is 0 Å². The van der Waals surface area contributed by atoms with Crippen LogP contribution in [0, 0.1) is 40.9 Å². The van der Waals surface area contributed by atoms with Gasteiger partial charge in [-0.1, -0.05) is 6.92 Å². The normalized spacial score (nSPS) is 43.5. The number of carbonyl (C=O) groups excluding carboxylic acids is 1. The average Bonchev–Trinajstić information content (AvgIpc) is 3.32. The molecule has 8 atom stereocenters. The molecular weight excluding hydrogens is 396 g/mol. The Hall–Kier alpha value is -1.75. The molecule has 0 radical (unpaired) electrons. The molecule has 0 bridgehead atoms. The van der Waals surface area contributed by atoms with Crippen LogP contribution in [0.15, 0.2) is 24.7 Å². The fourth-order valence-electron chi connectivity index (χ4n) is 8.93. The molecule has 2 heterocycles. The molecule has 1 unspecified atom stereocenters. The van der Waals surface area contributed by atoms with Crippen molar-refractivity contribution in [1.82, 2.24) is 14.8 Å². The van der Waals surface area contributed by atoms with Crippen molar-refractivity contribution in [3.63, 3.8) is 0 Å². The SMILES string of the molecule is C[C@@]1(N)CC[C@H]2C(CC[C@@H]3[C@@H]2CC[C@]2(C)[C@@H](C(=O)Cn4cc5ccncc5n4)CC[C@@H]32)C1. The van der Waals surface area contributed by atoms with Gasteiger partial charge in [-0.3, -0.25) is 14.5 Å². The summed E-state index contributed by atoms with van der Waals surface area (Å²) in [5.74, 6) is 4.73. The van der Waals surface area contributed by atoms with E-state index in [1.807, 2.05) is 16.9 Å². The number of ketones is 1. The minimum Gasteiger partial charge on any atom is -0.325 e.